The standard InChI is InChI=1S/C15H31N3/c1-5-17(4)13-11-15-18(6-2)14-10-8-7-9-12-16-3/h7-9,12,16H,5-6,10-11,13-15H2,1-4H3/b8-7-,12-9-. The Labute approximate surface area is 114 Å². The molecule has 0 aromatic carbocycles. The highest BCUT2D eigenvalue weighted by Gasteiger charge is 2.01. The topological polar surface area (TPSA) is 18.5 Å². The molecule has 0 radical (unpaired) electrons. The van der Waals surface area contributed by atoms with E-state index in [9.17, 15) is 0 Å². The van der Waals surface area contributed by atoms with Crippen LogP contribution in [0.4, 0.5) is 0 Å². The van der Waals surface area contributed by atoms with Gasteiger partial charge in [-0.3, -0.25) is 0 Å². The summed E-state index contributed by atoms with van der Waals surface area (Å²) in [7, 11) is 4.10. The molecule has 0 aliphatic carbocycles. The van der Waals surface area contributed by atoms with Crippen LogP contribution in [0, 0.1) is 0 Å². The third-order valence-electron chi connectivity index (χ3n) is 3.12. The van der Waals surface area contributed by atoms with E-state index in [1.54, 1.807) is 0 Å². The first kappa shape index (κ1) is 17.2. The molecule has 0 aliphatic rings. The van der Waals surface area contributed by atoms with E-state index in [1.807, 2.05) is 19.3 Å². The van der Waals surface area contributed by atoms with Crippen molar-refractivity contribution >= 4 is 0 Å². The Hall–Kier alpha value is -0.800. The maximum absolute atomic E-state index is 2.98. The van der Waals surface area contributed by atoms with Crippen LogP contribution in [0.25, 0.3) is 0 Å². The Balaban J connectivity index is 3.64. The predicted molar refractivity (Wildman–Crippen MR) is 81.9 cm³/mol. The first-order valence-electron chi connectivity index (χ1n) is 7.14. The second-order valence-corrected chi connectivity index (χ2v) is 4.55. The van der Waals surface area contributed by atoms with Crippen molar-refractivity contribution in [2.75, 3.05) is 46.8 Å². The SMILES string of the molecule is CCN(C)CCCN(CC)CC/C=C\C=C/NC. The zero-order valence-electron chi connectivity index (χ0n) is 12.7. The van der Waals surface area contributed by atoms with Gasteiger partial charge in [-0.05, 0) is 58.3 Å². The lowest BCUT2D eigenvalue weighted by atomic mass is 10.3. The van der Waals surface area contributed by atoms with Crippen LogP contribution in [-0.2, 0) is 0 Å². The quantitative estimate of drug-likeness (QED) is 0.570. The lowest BCUT2D eigenvalue weighted by molar-refractivity contribution is 0.261. The molecule has 0 rings (SSSR count). The molecule has 0 heterocycles. The van der Waals surface area contributed by atoms with Gasteiger partial charge in [0, 0.05) is 13.6 Å². The molecule has 0 aromatic rings. The Kier molecular flexibility index (Phi) is 12.1. The van der Waals surface area contributed by atoms with Crippen LogP contribution in [0.1, 0.15) is 26.7 Å². The summed E-state index contributed by atoms with van der Waals surface area (Å²) in [6.07, 6.45) is 10.7. The summed E-state index contributed by atoms with van der Waals surface area (Å²) < 4.78 is 0. The van der Waals surface area contributed by atoms with Gasteiger partial charge in [-0.15, -0.1) is 0 Å². The maximum atomic E-state index is 2.98. The molecule has 1 N–H and O–H groups in total. The second kappa shape index (κ2) is 12.7. The molecule has 0 fully saturated rings. The van der Waals surface area contributed by atoms with E-state index in [1.165, 1.54) is 19.5 Å². The molecule has 0 aliphatic heterocycles. The first-order chi connectivity index (χ1) is 8.74. The summed E-state index contributed by atoms with van der Waals surface area (Å²) in [5.41, 5.74) is 0. The number of hydrogen-bond donors (Lipinski definition) is 1. The van der Waals surface area contributed by atoms with E-state index in [4.69, 9.17) is 0 Å². The van der Waals surface area contributed by atoms with Crippen LogP contribution in [0.2, 0.25) is 0 Å². The minimum Gasteiger partial charge on any atom is -0.394 e. The van der Waals surface area contributed by atoms with E-state index in [2.05, 4.69) is 48.2 Å². The minimum absolute atomic E-state index is 1.13. The number of hydrogen-bond acceptors (Lipinski definition) is 3. The van der Waals surface area contributed by atoms with Gasteiger partial charge in [-0.1, -0.05) is 26.0 Å². The lowest BCUT2D eigenvalue weighted by Gasteiger charge is -2.21. The lowest BCUT2D eigenvalue weighted by Crippen LogP contribution is -2.29. The Bertz CT molecular complexity index is 224. The molecule has 0 aromatic heterocycles. The van der Waals surface area contributed by atoms with Crippen molar-refractivity contribution in [1.29, 1.82) is 0 Å². The fourth-order valence-corrected chi connectivity index (χ4v) is 1.73. The predicted octanol–water partition coefficient (Wildman–Crippen LogP) is 2.33. The molecular formula is C15H31N3. The maximum Gasteiger partial charge on any atom is 0.00277 e. The van der Waals surface area contributed by atoms with Crippen LogP contribution in [0.5, 0.6) is 0 Å². The molecule has 3 nitrogen and oxygen atoms in total. The number of nitrogens with zero attached hydrogens (tertiary/aromatic N) is 2. The minimum atomic E-state index is 1.13. The zero-order valence-corrected chi connectivity index (χ0v) is 12.7. The van der Waals surface area contributed by atoms with Gasteiger partial charge in [-0.2, -0.15) is 0 Å². The fourth-order valence-electron chi connectivity index (χ4n) is 1.73. The van der Waals surface area contributed by atoms with Crippen molar-refractivity contribution in [2.45, 2.75) is 26.7 Å². The smallest absolute Gasteiger partial charge is 0.00277 e. The van der Waals surface area contributed by atoms with Crippen molar-refractivity contribution in [3.63, 3.8) is 0 Å². The monoisotopic (exact) mass is 253 g/mol. The average molecular weight is 253 g/mol. The summed E-state index contributed by atoms with van der Waals surface area (Å²) in [5.74, 6) is 0. The third-order valence-corrected chi connectivity index (χ3v) is 3.12. The van der Waals surface area contributed by atoms with Crippen LogP contribution >= 0.6 is 0 Å². The number of allylic oxidation sites excluding steroid dienone is 2. The molecule has 3 heteroatoms. The summed E-state index contributed by atoms with van der Waals surface area (Å²) in [6, 6.07) is 0. The Morgan fingerprint density at radius 2 is 1.78 bits per heavy atom. The van der Waals surface area contributed by atoms with Crippen molar-refractivity contribution in [3.05, 3.63) is 24.4 Å². The zero-order chi connectivity index (χ0) is 13.6. The van der Waals surface area contributed by atoms with Crippen molar-refractivity contribution in [2.24, 2.45) is 0 Å². The molecule has 0 bridgehead atoms. The van der Waals surface area contributed by atoms with Gasteiger partial charge in [0.05, 0.1) is 0 Å². The van der Waals surface area contributed by atoms with Crippen molar-refractivity contribution in [1.82, 2.24) is 15.1 Å². The highest BCUT2D eigenvalue weighted by atomic mass is 15.1. The molecule has 106 valence electrons. The summed E-state index contributed by atoms with van der Waals surface area (Å²) in [6.45, 7) is 10.3. The van der Waals surface area contributed by atoms with E-state index >= 15 is 0 Å². The van der Waals surface area contributed by atoms with Crippen molar-refractivity contribution < 1.29 is 0 Å². The summed E-state index contributed by atoms with van der Waals surface area (Å²) in [4.78, 5) is 4.89. The summed E-state index contributed by atoms with van der Waals surface area (Å²) >= 11 is 0. The van der Waals surface area contributed by atoms with E-state index in [-0.39, 0.29) is 0 Å². The number of rotatable bonds is 11. The van der Waals surface area contributed by atoms with E-state index < -0.39 is 0 Å². The third kappa shape index (κ3) is 10.4. The average Bonchev–Trinajstić information content (AvgIpc) is 2.40. The largest absolute Gasteiger partial charge is 0.394 e. The summed E-state index contributed by atoms with van der Waals surface area (Å²) in [5, 5.41) is 2.98. The molecule has 0 unspecified atom stereocenters. The highest BCUT2D eigenvalue weighted by Crippen LogP contribution is 1.96. The Morgan fingerprint density at radius 1 is 1.00 bits per heavy atom. The molecule has 0 atom stereocenters. The van der Waals surface area contributed by atoms with Gasteiger partial charge in [-0.25, -0.2) is 0 Å². The van der Waals surface area contributed by atoms with Crippen LogP contribution in [0.3, 0.4) is 0 Å². The normalized spacial score (nSPS) is 12.3. The molecule has 0 saturated carbocycles. The highest BCUT2D eigenvalue weighted by molar-refractivity contribution is 5.01. The molecule has 0 spiro atoms. The Morgan fingerprint density at radius 3 is 2.39 bits per heavy atom. The van der Waals surface area contributed by atoms with Crippen LogP contribution in [0.15, 0.2) is 24.4 Å². The van der Waals surface area contributed by atoms with Crippen LogP contribution in [-0.4, -0.2) is 56.6 Å². The molecule has 18 heavy (non-hydrogen) atoms. The van der Waals surface area contributed by atoms with Crippen LogP contribution < -0.4 is 5.32 Å². The second-order valence-electron chi connectivity index (χ2n) is 4.55. The van der Waals surface area contributed by atoms with Gasteiger partial charge < -0.3 is 15.1 Å². The fraction of sp³-hybridized carbons (Fsp3) is 0.733. The molecule has 0 amide bonds. The number of nitrogens with one attached hydrogen (secondary N) is 1. The molecule has 0 saturated heterocycles. The van der Waals surface area contributed by atoms with Gasteiger partial charge in [0.1, 0.15) is 0 Å². The van der Waals surface area contributed by atoms with Gasteiger partial charge in [0.25, 0.3) is 0 Å². The van der Waals surface area contributed by atoms with E-state index in [0.717, 1.165) is 26.1 Å². The van der Waals surface area contributed by atoms with Crippen molar-refractivity contribution in [3.8, 4) is 0 Å². The van der Waals surface area contributed by atoms with Gasteiger partial charge in [0.15, 0.2) is 0 Å². The van der Waals surface area contributed by atoms with Gasteiger partial charge in [0.2, 0.25) is 0 Å². The van der Waals surface area contributed by atoms with Gasteiger partial charge >= 0.3 is 0 Å². The first-order valence-corrected chi connectivity index (χ1v) is 7.14. The molecular weight excluding hydrogens is 222 g/mol. The van der Waals surface area contributed by atoms with E-state index in [0.29, 0.717) is 0 Å².